The number of likely N-dealkylation sites (N-methyl/N-ethyl adjacent to an activating group) is 1. The molecule has 0 saturated carbocycles. The summed E-state index contributed by atoms with van der Waals surface area (Å²) < 4.78 is 7.44. The summed E-state index contributed by atoms with van der Waals surface area (Å²) in [5.41, 5.74) is 4.07. The van der Waals surface area contributed by atoms with Crippen LogP contribution in [0.3, 0.4) is 0 Å². The molecule has 0 aliphatic rings. The van der Waals surface area contributed by atoms with E-state index >= 15 is 0 Å². The SMILES string of the molecule is CCN(CC)C(CNCc1cc(-c2ccccc2)cn2nnnc12)c1ccco1. The van der Waals surface area contributed by atoms with Crippen LogP contribution in [-0.4, -0.2) is 44.6 Å². The molecule has 150 valence electrons. The monoisotopic (exact) mass is 390 g/mol. The van der Waals surface area contributed by atoms with Crippen molar-refractivity contribution in [3.8, 4) is 11.1 Å². The second-order valence-corrected chi connectivity index (χ2v) is 6.95. The van der Waals surface area contributed by atoms with Gasteiger partial charge in [0.1, 0.15) is 5.76 Å². The van der Waals surface area contributed by atoms with E-state index in [2.05, 4.69) is 57.8 Å². The van der Waals surface area contributed by atoms with Crippen molar-refractivity contribution in [3.05, 3.63) is 72.3 Å². The fourth-order valence-corrected chi connectivity index (χ4v) is 3.73. The van der Waals surface area contributed by atoms with Gasteiger partial charge in [-0.25, -0.2) is 0 Å². The Hall–Kier alpha value is -3.03. The molecule has 3 aromatic heterocycles. The first-order valence-corrected chi connectivity index (χ1v) is 10.0. The number of aromatic nitrogens is 4. The molecule has 1 aromatic carbocycles. The lowest BCUT2D eigenvalue weighted by Crippen LogP contribution is -2.35. The highest BCUT2D eigenvalue weighted by molar-refractivity contribution is 5.66. The van der Waals surface area contributed by atoms with Crippen molar-refractivity contribution in [3.63, 3.8) is 0 Å². The molecular weight excluding hydrogens is 364 g/mol. The summed E-state index contributed by atoms with van der Waals surface area (Å²) in [5, 5.41) is 15.7. The number of pyridine rings is 1. The normalized spacial score (nSPS) is 12.7. The predicted octanol–water partition coefficient (Wildman–Crippen LogP) is 3.56. The number of furan rings is 1. The predicted molar refractivity (Wildman–Crippen MR) is 112 cm³/mol. The second kappa shape index (κ2) is 8.98. The molecule has 1 atom stereocenters. The fraction of sp³-hybridized carbons (Fsp3) is 0.318. The molecule has 1 unspecified atom stereocenters. The molecule has 0 radical (unpaired) electrons. The third-order valence-electron chi connectivity index (χ3n) is 5.26. The Morgan fingerprint density at radius 2 is 1.90 bits per heavy atom. The Morgan fingerprint density at radius 1 is 1.07 bits per heavy atom. The van der Waals surface area contributed by atoms with Crippen LogP contribution in [0.2, 0.25) is 0 Å². The Labute approximate surface area is 170 Å². The third-order valence-corrected chi connectivity index (χ3v) is 5.26. The number of nitrogens with one attached hydrogen (secondary N) is 1. The van der Waals surface area contributed by atoms with Crippen LogP contribution in [0.15, 0.2) is 65.4 Å². The number of hydrogen-bond donors (Lipinski definition) is 1. The van der Waals surface area contributed by atoms with Crippen LogP contribution < -0.4 is 5.32 Å². The highest BCUT2D eigenvalue weighted by Gasteiger charge is 2.20. The van der Waals surface area contributed by atoms with Crippen LogP contribution in [0.1, 0.15) is 31.2 Å². The van der Waals surface area contributed by atoms with Gasteiger partial charge in [-0.15, -0.1) is 5.10 Å². The summed E-state index contributed by atoms with van der Waals surface area (Å²) in [6.07, 6.45) is 3.70. The van der Waals surface area contributed by atoms with E-state index in [1.165, 1.54) is 0 Å². The first-order chi connectivity index (χ1) is 14.3. The number of fused-ring (bicyclic) bond motifs is 1. The van der Waals surface area contributed by atoms with Gasteiger partial charge in [0.25, 0.3) is 0 Å². The van der Waals surface area contributed by atoms with Gasteiger partial charge in [-0.05, 0) is 47.3 Å². The summed E-state index contributed by atoms with van der Waals surface area (Å²) in [7, 11) is 0. The fourth-order valence-electron chi connectivity index (χ4n) is 3.73. The minimum absolute atomic E-state index is 0.185. The van der Waals surface area contributed by atoms with Crippen LogP contribution in [0.4, 0.5) is 0 Å². The lowest BCUT2D eigenvalue weighted by molar-refractivity contribution is 0.188. The van der Waals surface area contributed by atoms with Crippen LogP contribution in [0.5, 0.6) is 0 Å². The molecule has 0 amide bonds. The highest BCUT2D eigenvalue weighted by atomic mass is 16.3. The van der Waals surface area contributed by atoms with Gasteiger partial charge in [-0.2, -0.15) is 4.52 Å². The van der Waals surface area contributed by atoms with Crippen molar-refractivity contribution in [2.75, 3.05) is 19.6 Å². The van der Waals surface area contributed by atoms with Crippen LogP contribution in [-0.2, 0) is 6.54 Å². The lowest BCUT2D eigenvalue weighted by atomic mass is 10.1. The maximum absolute atomic E-state index is 5.70. The van der Waals surface area contributed by atoms with E-state index in [0.717, 1.165) is 47.7 Å². The van der Waals surface area contributed by atoms with Gasteiger partial charge in [0.05, 0.1) is 12.3 Å². The molecule has 4 rings (SSSR count). The molecule has 7 heteroatoms. The average molecular weight is 390 g/mol. The van der Waals surface area contributed by atoms with E-state index in [-0.39, 0.29) is 6.04 Å². The van der Waals surface area contributed by atoms with Gasteiger partial charge < -0.3 is 9.73 Å². The molecule has 0 saturated heterocycles. The summed E-state index contributed by atoms with van der Waals surface area (Å²) in [6, 6.07) is 16.6. The molecule has 29 heavy (non-hydrogen) atoms. The molecule has 0 bridgehead atoms. The summed E-state index contributed by atoms with van der Waals surface area (Å²) in [6.45, 7) is 7.72. The van der Waals surface area contributed by atoms with E-state index in [1.807, 2.05) is 36.5 Å². The summed E-state index contributed by atoms with van der Waals surface area (Å²) in [5.74, 6) is 0.980. The Morgan fingerprint density at radius 3 is 2.62 bits per heavy atom. The summed E-state index contributed by atoms with van der Waals surface area (Å²) in [4.78, 5) is 2.39. The molecule has 0 aliphatic carbocycles. The van der Waals surface area contributed by atoms with Crippen molar-refractivity contribution in [1.29, 1.82) is 0 Å². The first kappa shape index (κ1) is 19.3. The van der Waals surface area contributed by atoms with Gasteiger partial charge in [-0.1, -0.05) is 44.2 Å². The van der Waals surface area contributed by atoms with Crippen molar-refractivity contribution >= 4 is 5.65 Å². The zero-order chi connectivity index (χ0) is 20.1. The van der Waals surface area contributed by atoms with Gasteiger partial charge in [0.15, 0.2) is 5.65 Å². The molecule has 1 N–H and O–H groups in total. The number of rotatable bonds is 9. The molecule has 3 heterocycles. The number of benzene rings is 1. The smallest absolute Gasteiger partial charge is 0.183 e. The molecular formula is C22H26N6O. The number of hydrogen-bond acceptors (Lipinski definition) is 6. The van der Waals surface area contributed by atoms with Crippen molar-refractivity contribution < 1.29 is 4.42 Å². The lowest BCUT2D eigenvalue weighted by Gasteiger charge is -2.28. The maximum atomic E-state index is 5.70. The van der Waals surface area contributed by atoms with Gasteiger partial charge in [0.2, 0.25) is 0 Å². The Balaban J connectivity index is 1.55. The van der Waals surface area contributed by atoms with E-state index < -0.39 is 0 Å². The highest BCUT2D eigenvalue weighted by Crippen LogP contribution is 2.23. The minimum Gasteiger partial charge on any atom is -0.468 e. The van der Waals surface area contributed by atoms with E-state index in [1.54, 1.807) is 10.8 Å². The molecule has 0 aliphatic heterocycles. The standard InChI is InChI=1S/C22H26N6O/c1-3-27(4-2)20(21-11-8-12-29-21)15-23-14-18-13-19(17-9-6-5-7-10-17)16-28-22(18)24-25-26-28/h5-13,16,20,23H,3-4,14-15H2,1-2H3. The van der Waals surface area contributed by atoms with Gasteiger partial charge in [0, 0.05) is 30.4 Å². The molecule has 4 aromatic rings. The minimum atomic E-state index is 0.185. The quantitative estimate of drug-likeness (QED) is 0.471. The number of nitrogens with zero attached hydrogens (tertiary/aromatic N) is 5. The largest absolute Gasteiger partial charge is 0.468 e. The van der Waals surface area contributed by atoms with E-state index in [9.17, 15) is 0 Å². The van der Waals surface area contributed by atoms with Gasteiger partial charge in [-0.3, -0.25) is 4.90 Å². The zero-order valence-corrected chi connectivity index (χ0v) is 16.8. The van der Waals surface area contributed by atoms with Gasteiger partial charge >= 0.3 is 0 Å². The molecule has 7 nitrogen and oxygen atoms in total. The second-order valence-electron chi connectivity index (χ2n) is 6.95. The van der Waals surface area contributed by atoms with Crippen molar-refractivity contribution in [2.24, 2.45) is 0 Å². The van der Waals surface area contributed by atoms with Crippen molar-refractivity contribution in [1.82, 2.24) is 30.3 Å². The van der Waals surface area contributed by atoms with Crippen molar-refractivity contribution in [2.45, 2.75) is 26.4 Å². The molecule has 0 spiro atoms. The van der Waals surface area contributed by atoms with Crippen LogP contribution in [0.25, 0.3) is 16.8 Å². The van der Waals surface area contributed by atoms with E-state index in [0.29, 0.717) is 6.54 Å². The van der Waals surface area contributed by atoms with Crippen LogP contribution in [0, 0.1) is 0 Å². The molecule has 0 fully saturated rings. The third kappa shape index (κ3) is 4.21. The maximum Gasteiger partial charge on any atom is 0.183 e. The Kier molecular flexibility index (Phi) is 5.97. The van der Waals surface area contributed by atoms with Crippen LogP contribution >= 0.6 is 0 Å². The van der Waals surface area contributed by atoms with E-state index in [4.69, 9.17) is 4.42 Å². The zero-order valence-electron chi connectivity index (χ0n) is 16.8. The summed E-state index contributed by atoms with van der Waals surface area (Å²) >= 11 is 0. The number of tetrazole rings is 1. The Bertz CT molecular complexity index is 1020. The first-order valence-electron chi connectivity index (χ1n) is 10.0. The average Bonchev–Trinajstić information content (AvgIpc) is 3.46. The topological polar surface area (TPSA) is 71.5 Å².